The van der Waals surface area contributed by atoms with Crippen molar-refractivity contribution in [1.29, 1.82) is 0 Å². The Morgan fingerprint density at radius 2 is 1.41 bits per heavy atom. The van der Waals surface area contributed by atoms with Crippen molar-refractivity contribution in [1.82, 2.24) is 0 Å². The third-order valence-electron chi connectivity index (χ3n) is 6.36. The number of rotatable bonds is 11. The smallest absolute Gasteiger partial charge is 0.157 e. The van der Waals surface area contributed by atoms with Crippen molar-refractivity contribution >= 4 is 0 Å². The SMILES string of the molecule is CCCCCCOC1CCC(C2CCC(OCCCC)C(F)C2F)C(F)C1. The summed E-state index contributed by atoms with van der Waals surface area (Å²) in [4.78, 5) is 0. The molecule has 160 valence electrons. The fourth-order valence-electron chi connectivity index (χ4n) is 4.64. The Labute approximate surface area is 163 Å². The lowest BCUT2D eigenvalue weighted by molar-refractivity contribution is -0.102. The second-order valence-corrected chi connectivity index (χ2v) is 8.44. The molecule has 0 saturated heterocycles. The van der Waals surface area contributed by atoms with E-state index in [1.54, 1.807) is 0 Å². The Hall–Kier alpha value is -0.290. The van der Waals surface area contributed by atoms with E-state index in [1.807, 2.05) is 6.92 Å². The molecule has 0 heterocycles. The largest absolute Gasteiger partial charge is 0.378 e. The van der Waals surface area contributed by atoms with Crippen LogP contribution in [0, 0.1) is 11.8 Å². The van der Waals surface area contributed by atoms with Gasteiger partial charge in [-0.05, 0) is 50.4 Å². The van der Waals surface area contributed by atoms with Crippen LogP contribution in [0.4, 0.5) is 13.2 Å². The molecule has 2 rings (SSSR count). The van der Waals surface area contributed by atoms with Gasteiger partial charge in [0.05, 0.1) is 12.2 Å². The van der Waals surface area contributed by atoms with Crippen molar-refractivity contribution < 1.29 is 22.6 Å². The highest BCUT2D eigenvalue weighted by atomic mass is 19.2. The van der Waals surface area contributed by atoms with Crippen LogP contribution >= 0.6 is 0 Å². The van der Waals surface area contributed by atoms with Crippen LogP contribution in [0.3, 0.4) is 0 Å². The predicted octanol–water partition coefficient (Wildman–Crippen LogP) is 6.36. The van der Waals surface area contributed by atoms with Gasteiger partial charge in [-0.2, -0.15) is 0 Å². The van der Waals surface area contributed by atoms with Crippen molar-refractivity contribution in [2.24, 2.45) is 11.8 Å². The van der Waals surface area contributed by atoms with Crippen LogP contribution < -0.4 is 0 Å². The molecule has 0 spiro atoms. The molecule has 0 aromatic rings. The van der Waals surface area contributed by atoms with Crippen molar-refractivity contribution in [3.05, 3.63) is 0 Å². The molecule has 2 aliphatic carbocycles. The van der Waals surface area contributed by atoms with Crippen LogP contribution in [0.25, 0.3) is 0 Å². The Bertz CT molecular complexity index is 396. The number of alkyl halides is 3. The molecule has 2 nitrogen and oxygen atoms in total. The number of hydrogen-bond donors (Lipinski definition) is 0. The summed E-state index contributed by atoms with van der Waals surface area (Å²) in [6.45, 7) is 5.37. The summed E-state index contributed by atoms with van der Waals surface area (Å²) < 4.78 is 55.3. The lowest BCUT2D eigenvalue weighted by atomic mass is 9.70. The summed E-state index contributed by atoms with van der Waals surface area (Å²) in [6, 6.07) is 0. The number of ether oxygens (including phenoxy) is 2. The van der Waals surface area contributed by atoms with Crippen LogP contribution in [0.1, 0.15) is 84.5 Å². The van der Waals surface area contributed by atoms with Gasteiger partial charge in [0.15, 0.2) is 6.17 Å². The standard InChI is InChI=1S/C22H39F3O2/c1-3-5-7-8-14-26-16-9-10-17(19(23)15-16)18-11-12-20(22(25)21(18)24)27-13-6-4-2/h16-22H,3-15H2,1-2H3. The Morgan fingerprint density at radius 1 is 0.704 bits per heavy atom. The minimum Gasteiger partial charge on any atom is -0.378 e. The Morgan fingerprint density at radius 3 is 2.11 bits per heavy atom. The molecule has 2 fully saturated rings. The predicted molar refractivity (Wildman–Crippen MR) is 103 cm³/mol. The van der Waals surface area contributed by atoms with Gasteiger partial charge in [-0.15, -0.1) is 0 Å². The molecule has 0 amide bonds. The van der Waals surface area contributed by atoms with Gasteiger partial charge in [0.25, 0.3) is 0 Å². The molecule has 0 bridgehead atoms. The van der Waals surface area contributed by atoms with Gasteiger partial charge in [0, 0.05) is 19.6 Å². The average molecular weight is 393 g/mol. The molecule has 0 aliphatic heterocycles. The fourth-order valence-corrected chi connectivity index (χ4v) is 4.64. The van der Waals surface area contributed by atoms with Crippen LogP contribution in [0.5, 0.6) is 0 Å². The first kappa shape index (κ1) is 23.0. The molecule has 0 aromatic carbocycles. The van der Waals surface area contributed by atoms with Gasteiger partial charge in [-0.25, -0.2) is 13.2 Å². The van der Waals surface area contributed by atoms with Gasteiger partial charge in [0.2, 0.25) is 0 Å². The topological polar surface area (TPSA) is 18.5 Å². The number of halogens is 3. The molecule has 0 radical (unpaired) electrons. The lowest BCUT2D eigenvalue weighted by Gasteiger charge is -2.42. The van der Waals surface area contributed by atoms with E-state index in [0.717, 1.165) is 32.1 Å². The highest BCUT2D eigenvalue weighted by molar-refractivity contribution is 4.95. The zero-order chi connectivity index (χ0) is 19.6. The highest BCUT2D eigenvalue weighted by Gasteiger charge is 2.47. The molecular weight excluding hydrogens is 353 g/mol. The van der Waals surface area contributed by atoms with E-state index in [4.69, 9.17) is 9.47 Å². The van der Waals surface area contributed by atoms with Crippen molar-refractivity contribution in [2.75, 3.05) is 13.2 Å². The minimum atomic E-state index is -1.62. The second kappa shape index (κ2) is 12.3. The number of hydrogen-bond acceptors (Lipinski definition) is 2. The third-order valence-corrected chi connectivity index (χ3v) is 6.36. The van der Waals surface area contributed by atoms with Crippen molar-refractivity contribution in [2.45, 2.75) is 115 Å². The summed E-state index contributed by atoms with van der Waals surface area (Å²) in [6.07, 6.45) is 4.03. The maximum atomic E-state index is 14.8. The van der Waals surface area contributed by atoms with Gasteiger partial charge in [-0.1, -0.05) is 39.5 Å². The van der Waals surface area contributed by atoms with Gasteiger partial charge in [0.1, 0.15) is 12.3 Å². The van der Waals surface area contributed by atoms with Gasteiger partial charge in [-0.3, -0.25) is 0 Å². The Balaban J connectivity index is 1.75. The van der Waals surface area contributed by atoms with E-state index >= 15 is 0 Å². The molecule has 0 aromatic heterocycles. The van der Waals surface area contributed by atoms with E-state index < -0.39 is 30.5 Å². The van der Waals surface area contributed by atoms with Gasteiger partial charge < -0.3 is 9.47 Å². The van der Waals surface area contributed by atoms with Crippen LogP contribution in [-0.2, 0) is 9.47 Å². The molecule has 7 unspecified atom stereocenters. The van der Waals surface area contributed by atoms with E-state index in [9.17, 15) is 13.2 Å². The zero-order valence-electron chi connectivity index (χ0n) is 17.2. The fraction of sp³-hybridized carbons (Fsp3) is 1.00. The summed E-state index contributed by atoms with van der Waals surface area (Å²) >= 11 is 0. The maximum Gasteiger partial charge on any atom is 0.157 e. The normalized spacial score (nSPS) is 37.4. The summed E-state index contributed by atoms with van der Waals surface area (Å²) in [5.74, 6) is -0.902. The second-order valence-electron chi connectivity index (χ2n) is 8.44. The summed E-state index contributed by atoms with van der Waals surface area (Å²) in [5, 5.41) is 0. The van der Waals surface area contributed by atoms with Crippen LogP contribution in [-0.4, -0.2) is 43.9 Å². The first-order valence-corrected chi connectivity index (χ1v) is 11.2. The zero-order valence-corrected chi connectivity index (χ0v) is 17.2. The van der Waals surface area contributed by atoms with E-state index in [0.29, 0.717) is 38.9 Å². The molecule has 0 N–H and O–H groups in total. The number of unbranched alkanes of at least 4 members (excludes halogenated alkanes) is 4. The van der Waals surface area contributed by atoms with E-state index in [1.165, 1.54) is 12.8 Å². The molecule has 2 aliphatic rings. The molecule has 5 heteroatoms. The van der Waals surface area contributed by atoms with E-state index in [-0.39, 0.29) is 12.0 Å². The van der Waals surface area contributed by atoms with Crippen molar-refractivity contribution in [3.8, 4) is 0 Å². The average Bonchev–Trinajstić information content (AvgIpc) is 2.66. The van der Waals surface area contributed by atoms with Crippen molar-refractivity contribution in [3.63, 3.8) is 0 Å². The van der Waals surface area contributed by atoms with Gasteiger partial charge >= 0.3 is 0 Å². The maximum absolute atomic E-state index is 14.8. The highest BCUT2D eigenvalue weighted by Crippen LogP contribution is 2.43. The third kappa shape index (κ3) is 6.92. The first-order chi connectivity index (χ1) is 13.1. The summed E-state index contributed by atoms with van der Waals surface area (Å²) in [7, 11) is 0. The Kier molecular flexibility index (Phi) is 10.5. The van der Waals surface area contributed by atoms with Crippen LogP contribution in [0.15, 0.2) is 0 Å². The lowest BCUT2D eigenvalue weighted by Crippen LogP contribution is -2.48. The van der Waals surface area contributed by atoms with Crippen LogP contribution in [0.2, 0.25) is 0 Å². The van der Waals surface area contributed by atoms with E-state index in [2.05, 4.69) is 6.92 Å². The molecule has 2 saturated carbocycles. The monoisotopic (exact) mass is 392 g/mol. The summed E-state index contributed by atoms with van der Waals surface area (Å²) in [5.41, 5.74) is 0. The quantitative estimate of drug-likeness (QED) is 0.381. The minimum absolute atomic E-state index is 0.0640. The molecule has 27 heavy (non-hydrogen) atoms. The molecule has 7 atom stereocenters. The first-order valence-electron chi connectivity index (χ1n) is 11.2. The molecular formula is C22H39F3O2.